The second-order valence-corrected chi connectivity index (χ2v) is 4.14. The summed E-state index contributed by atoms with van der Waals surface area (Å²) >= 11 is 0. The molecule has 0 amide bonds. The lowest BCUT2D eigenvalue weighted by atomic mass is 9.82. The maximum Gasteiger partial charge on any atom is 0.595 e. The Bertz CT molecular complexity index is 474. The van der Waals surface area contributed by atoms with Crippen molar-refractivity contribution in [2.75, 3.05) is 0 Å². The Hall–Kier alpha value is -1.90. The fraction of sp³-hybridized carbons (Fsp3) is 0.143. The van der Waals surface area contributed by atoms with Gasteiger partial charge in [0.2, 0.25) is 0 Å². The van der Waals surface area contributed by atoms with Crippen LogP contribution in [0.1, 0.15) is 5.56 Å². The highest BCUT2D eigenvalue weighted by Crippen LogP contribution is 2.33. The third-order valence-corrected chi connectivity index (χ3v) is 2.88. The third-order valence-electron chi connectivity index (χ3n) is 2.88. The zero-order valence-corrected chi connectivity index (χ0v) is 9.50. The van der Waals surface area contributed by atoms with Crippen LogP contribution in [0.2, 0.25) is 6.32 Å². The molecule has 0 unspecified atom stereocenters. The summed E-state index contributed by atoms with van der Waals surface area (Å²) in [6.45, 7) is 0. The second-order valence-electron chi connectivity index (χ2n) is 4.14. The summed E-state index contributed by atoms with van der Waals surface area (Å²) in [5, 5.41) is 0. The van der Waals surface area contributed by atoms with E-state index in [-0.39, 0.29) is 7.12 Å². The van der Waals surface area contributed by atoms with E-state index in [4.69, 9.17) is 9.31 Å². The highest BCUT2D eigenvalue weighted by Gasteiger charge is 2.30. The predicted octanol–water partition coefficient (Wildman–Crippen LogP) is 3.19. The quantitative estimate of drug-likeness (QED) is 0.745. The molecule has 0 spiro atoms. The van der Waals surface area contributed by atoms with Crippen molar-refractivity contribution >= 4 is 7.12 Å². The van der Waals surface area contributed by atoms with Gasteiger partial charge in [0.05, 0.1) is 0 Å². The molecular formula is C14H13BO2. The van der Waals surface area contributed by atoms with Crippen LogP contribution in [-0.4, -0.2) is 7.12 Å². The van der Waals surface area contributed by atoms with Crippen LogP contribution in [0.15, 0.2) is 54.6 Å². The smallest absolute Gasteiger partial charge is 0.523 e. The largest absolute Gasteiger partial charge is 0.595 e. The van der Waals surface area contributed by atoms with Crippen molar-refractivity contribution < 1.29 is 9.31 Å². The number of rotatable bonds is 3. The molecule has 1 aliphatic heterocycles. The summed E-state index contributed by atoms with van der Waals surface area (Å²) in [4.78, 5) is 0. The van der Waals surface area contributed by atoms with Crippen molar-refractivity contribution in [1.82, 2.24) is 0 Å². The zero-order valence-electron chi connectivity index (χ0n) is 9.50. The van der Waals surface area contributed by atoms with Crippen molar-refractivity contribution in [3.8, 4) is 11.5 Å². The summed E-state index contributed by atoms with van der Waals surface area (Å²) in [7, 11) is -0.146. The van der Waals surface area contributed by atoms with Gasteiger partial charge in [-0.2, -0.15) is 0 Å². The van der Waals surface area contributed by atoms with E-state index in [0.717, 1.165) is 24.2 Å². The molecule has 1 heterocycles. The number of hydrogen-bond acceptors (Lipinski definition) is 2. The van der Waals surface area contributed by atoms with E-state index in [0.29, 0.717) is 0 Å². The molecule has 0 fully saturated rings. The first-order chi connectivity index (χ1) is 8.42. The summed E-state index contributed by atoms with van der Waals surface area (Å²) in [5.74, 6) is 1.70. The number of aryl methyl sites for hydroxylation is 1. The van der Waals surface area contributed by atoms with Gasteiger partial charge in [0.25, 0.3) is 0 Å². The van der Waals surface area contributed by atoms with E-state index >= 15 is 0 Å². The minimum Gasteiger partial charge on any atom is -0.523 e. The maximum atomic E-state index is 5.71. The SMILES string of the molecule is c1ccc(CCB2Oc3ccccc3O2)cc1. The van der Waals surface area contributed by atoms with E-state index in [2.05, 4.69) is 24.3 Å². The number of para-hydroxylation sites is 2. The molecule has 0 aromatic heterocycles. The summed E-state index contributed by atoms with van der Waals surface area (Å²) in [6.07, 6.45) is 1.85. The first-order valence-electron chi connectivity index (χ1n) is 5.88. The Morgan fingerprint density at radius 1 is 0.765 bits per heavy atom. The molecular weight excluding hydrogens is 211 g/mol. The van der Waals surface area contributed by atoms with Gasteiger partial charge < -0.3 is 9.31 Å². The number of hydrogen-bond donors (Lipinski definition) is 0. The summed E-state index contributed by atoms with van der Waals surface area (Å²) in [6, 6.07) is 18.2. The van der Waals surface area contributed by atoms with Crippen molar-refractivity contribution in [2.24, 2.45) is 0 Å². The van der Waals surface area contributed by atoms with E-state index in [1.54, 1.807) is 0 Å². The van der Waals surface area contributed by atoms with Gasteiger partial charge in [-0.05, 0) is 24.1 Å². The van der Waals surface area contributed by atoms with E-state index in [1.807, 2.05) is 30.3 Å². The van der Waals surface area contributed by atoms with Gasteiger partial charge in [-0.15, -0.1) is 0 Å². The van der Waals surface area contributed by atoms with E-state index in [9.17, 15) is 0 Å². The van der Waals surface area contributed by atoms with Gasteiger partial charge in [-0.3, -0.25) is 0 Å². The predicted molar refractivity (Wildman–Crippen MR) is 68.4 cm³/mol. The molecule has 0 radical (unpaired) electrons. The van der Waals surface area contributed by atoms with Crippen LogP contribution in [0.3, 0.4) is 0 Å². The Balaban J connectivity index is 1.59. The van der Waals surface area contributed by atoms with Crippen LogP contribution in [0, 0.1) is 0 Å². The summed E-state index contributed by atoms with van der Waals surface area (Å²) in [5.41, 5.74) is 1.32. The molecule has 0 bridgehead atoms. The van der Waals surface area contributed by atoms with Gasteiger partial charge in [-0.1, -0.05) is 42.5 Å². The lowest BCUT2D eigenvalue weighted by Gasteiger charge is -2.04. The van der Waals surface area contributed by atoms with Crippen LogP contribution >= 0.6 is 0 Å². The molecule has 0 saturated carbocycles. The van der Waals surface area contributed by atoms with Gasteiger partial charge >= 0.3 is 7.12 Å². The first-order valence-corrected chi connectivity index (χ1v) is 5.88. The molecule has 3 rings (SSSR count). The van der Waals surface area contributed by atoms with Crippen LogP contribution in [0.4, 0.5) is 0 Å². The molecule has 3 heteroatoms. The van der Waals surface area contributed by atoms with Crippen LogP contribution in [-0.2, 0) is 6.42 Å². The third kappa shape index (κ3) is 2.28. The van der Waals surface area contributed by atoms with E-state index < -0.39 is 0 Å². The van der Waals surface area contributed by atoms with Gasteiger partial charge in [0, 0.05) is 6.32 Å². The topological polar surface area (TPSA) is 18.5 Å². The maximum absolute atomic E-state index is 5.71. The molecule has 0 aliphatic carbocycles. The number of fused-ring (bicyclic) bond motifs is 1. The second kappa shape index (κ2) is 4.54. The number of benzene rings is 2. The lowest BCUT2D eigenvalue weighted by Crippen LogP contribution is -2.24. The zero-order chi connectivity index (χ0) is 11.5. The normalized spacial score (nSPS) is 12.8. The molecule has 2 aromatic carbocycles. The monoisotopic (exact) mass is 224 g/mol. The van der Waals surface area contributed by atoms with Crippen molar-refractivity contribution in [3.05, 3.63) is 60.2 Å². The average molecular weight is 224 g/mol. The fourth-order valence-electron chi connectivity index (χ4n) is 2.00. The summed E-state index contributed by atoms with van der Waals surface area (Å²) < 4.78 is 11.4. The molecule has 17 heavy (non-hydrogen) atoms. The lowest BCUT2D eigenvalue weighted by molar-refractivity contribution is 0.496. The average Bonchev–Trinajstić information content (AvgIpc) is 2.80. The van der Waals surface area contributed by atoms with Crippen LogP contribution in [0.25, 0.3) is 0 Å². The Labute approximate surface area is 101 Å². The molecule has 0 atom stereocenters. The van der Waals surface area contributed by atoms with Crippen molar-refractivity contribution in [2.45, 2.75) is 12.7 Å². The van der Waals surface area contributed by atoms with Gasteiger partial charge in [0.1, 0.15) is 11.5 Å². The van der Waals surface area contributed by atoms with Gasteiger partial charge in [-0.25, -0.2) is 0 Å². The Morgan fingerprint density at radius 2 is 1.35 bits per heavy atom. The highest BCUT2D eigenvalue weighted by molar-refractivity contribution is 6.47. The first kappa shape index (κ1) is 10.3. The van der Waals surface area contributed by atoms with Crippen molar-refractivity contribution in [3.63, 3.8) is 0 Å². The Morgan fingerprint density at radius 3 is 2.00 bits per heavy atom. The standard InChI is InChI=1S/C14H13BO2/c1-2-6-12(7-3-1)10-11-15-16-13-8-4-5-9-14(13)17-15/h1-9H,10-11H2. The molecule has 2 nitrogen and oxygen atoms in total. The minimum atomic E-state index is -0.146. The highest BCUT2D eigenvalue weighted by atomic mass is 16.6. The fourth-order valence-corrected chi connectivity index (χ4v) is 2.00. The van der Waals surface area contributed by atoms with Crippen LogP contribution in [0.5, 0.6) is 11.5 Å². The minimum absolute atomic E-state index is 0.146. The van der Waals surface area contributed by atoms with Gasteiger partial charge in [0.15, 0.2) is 0 Å². The molecule has 0 N–H and O–H groups in total. The van der Waals surface area contributed by atoms with E-state index in [1.165, 1.54) is 5.56 Å². The molecule has 1 aliphatic rings. The molecule has 2 aromatic rings. The van der Waals surface area contributed by atoms with Crippen molar-refractivity contribution in [1.29, 1.82) is 0 Å². The molecule has 0 saturated heterocycles. The molecule has 84 valence electrons. The Kier molecular flexibility index (Phi) is 2.74. The van der Waals surface area contributed by atoms with Crippen LogP contribution < -0.4 is 9.31 Å².